The third kappa shape index (κ3) is 2.02. The molecular formula is C30H24ClN3. The summed E-state index contributed by atoms with van der Waals surface area (Å²) in [4.78, 5) is 0. The normalized spacial score (nSPS) is 32.6. The lowest BCUT2D eigenvalue weighted by Crippen LogP contribution is -2.50. The summed E-state index contributed by atoms with van der Waals surface area (Å²) in [5.74, 6) is 2.79. The topological polar surface area (TPSA) is 30.3 Å². The van der Waals surface area contributed by atoms with Gasteiger partial charge in [-0.25, -0.2) is 5.01 Å². The highest BCUT2D eigenvalue weighted by Crippen LogP contribution is 2.72. The van der Waals surface area contributed by atoms with Gasteiger partial charge < -0.3 is 0 Å². The van der Waals surface area contributed by atoms with Crippen LogP contribution in [-0.4, -0.2) is 11.1 Å². The summed E-state index contributed by atoms with van der Waals surface area (Å²) in [6.45, 7) is 0. The summed E-state index contributed by atoms with van der Waals surface area (Å²) >= 11 is 6.31. The quantitative estimate of drug-likeness (QED) is 0.302. The number of hydrogen-bond acceptors (Lipinski definition) is 3. The summed E-state index contributed by atoms with van der Waals surface area (Å²) in [6, 6.07) is 26.1. The first-order chi connectivity index (χ1) is 16.7. The van der Waals surface area contributed by atoms with E-state index >= 15 is 0 Å². The van der Waals surface area contributed by atoms with Crippen LogP contribution < -0.4 is 5.01 Å². The molecule has 0 aromatic heterocycles. The summed E-state index contributed by atoms with van der Waals surface area (Å²) in [5, 5.41) is 15.8. The van der Waals surface area contributed by atoms with E-state index in [9.17, 15) is 5.26 Å². The number of benzene rings is 3. The Morgan fingerprint density at radius 1 is 0.853 bits per heavy atom. The molecule has 4 aliphatic carbocycles. The van der Waals surface area contributed by atoms with E-state index in [1.165, 1.54) is 35.1 Å². The molecule has 3 fully saturated rings. The SMILES string of the molecule is N#CN1[C@H]2[C@@H]3C[C@H]([C@H]4CC=C[C@H]34)[C@H]2C2(c3ccccc3-c3ccccc32)N1c1ccc(Cl)cc1. The first kappa shape index (κ1) is 19.1. The van der Waals surface area contributed by atoms with E-state index in [1.807, 2.05) is 12.1 Å². The highest BCUT2D eigenvalue weighted by molar-refractivity contribution is 6.30. The Balaban J connectivity index is 1.47. The molecule has 6 atom stereocenters. The van der Waals surface area contributed by atoms with Crippen LogP contribution in [0.2, 0.25) is 5.02 Å². The molecule has 4 heteroatoms. The van der Waals surface area contributed by atoms with E-state index in [0.29, 0.717) is 34.6 Å². The first-order valence-electron chi connectivity index (χ1n) is 12.4. The van der Waals surface area contributed by atoms with Crippen molar-refractivity contribution in [3.05, 3.63) is 101 Å². The zero-order chi connectivity index (χ0) is 22.6. The van der Waals surface area contributed by atoms with Gasteiger partial charge in [-0.15, -0.1) is 0 Å². The van der Waals surface area contributed by atoms with Crippen molar-refractivity contribution in [1.29, 1.82) is 5.26 Å². The van der Waals surface area contributed by atoms with E-state index in [2.05, 4.69) is 89.0 Å². The smallest absolute Gasteiger partial charge is 0.200 e. The number of allylic oxidation sites excluding steroid dienone is 2. The Hall–Kier alpha value is -3.22. The second kappa shape index (κ2) is 6.46. The molecule has 1 spiro atoms. The van der Waals surface area contributed by atoms with Crippen molar-refractivity contribution in [2.75, 3.05) is 5.01 Å². The van der Waals surface area contributed by atoms with E-state index in [0.717, 1.165) is 5.69 Å². The van der Waals surface area contributed by atoms with Crippen molar-refractivity contribution in [2.24, 2.45) is 29.6 Å². The van der Waals surface area contributed by atoms with Crippen LogP contribution in [0.4, 0.5) is 5.69 Å². The van der Waals surface area contributed by atoms with E-state index in [4.69, 9.17) is 11.6 Å². The molecule has 0 amide bonds. The highest BCUT2D eigenvalue weighted by Gasteiger charge is 2.74. The lowest BCUT2D eigenvalue weighted by molar-refractivity contribution is 0.131. The number of rotatable bonds is 1. The standard InChI is InChI=1S/C30H24ClN3/c31-18-12-14-19(15-13-18)34-30(26-10-3-1-6-22(26)23-7-2-4-11-27(23)30)28-24-16-25(29(28)33(34)17-32)21-9-5-8-20(21)24/h1-7,9-15,20-21,24-25,28-29H,8,16H2/t20-,21-,24+,25+,28+,29-/m0/s1. The molecule has 0 unspecified atom stereocenters. The van der Waals surface area contributed by atoms with Gasteiger partial charge in [0.15, 0.2) is 6.19 Å². The molecular weight excluding hydrogens is 438 g/mol. The molecule has 0 N–H and O–H groups in total. The lowest BCUT2D eigenvalue weighted by atomic mass is 9.63. The Bertz CT molecular complexity index is 1360. The summed E-state index contributed by atoms with van der Waals surface area (Å²) in [7, 11) is 0. The fraction of sp³-hybridized carbons (Fsp3) is 0.300. The van der Waals surface area contributed by atoms with Gasteiger partial charge >= 0.3 is 0 Å². The Morgan fingerprint density at radius 2 is 1.53 bits per heavy atom. The summed E-state index contributed by atoms with van der Waals surface area (Å²) in [5.41, 5.74) is 5.93. The van der Waals surface area contributed by atoms with Gasteiger partial charge in [0.2, 0.25) is 0 Å². The predicted molar refractivity (Wildman–Crippen MR) is 134 cm³/mol. The van der Waals surface area contributed by atoms with Gasteiger partial charge in [0, 0.05) is 10.9 Å². The third-order valence-electron chi connectivity index (χ3n) is 9.57. The van der Waals surface area contributed by atoms with E-state index in [1.54, 1.807) is 0 Å². The van der Waals surface area contributed by atoms with Crippen LogP contribution in [0, 0.1) is 41.0 Å². The van der Waals surface area contributed by atoms with Crippen molar-refractivity contribution in [3.63, 3.8) is 0 Å². The second-order valence-electron chi connectivity index (χ2n) is 10.6. The van der Waals surface area contributed by atoms with Crippen LogP contribution in [0.25, 0.3) is 11.1 Å². The maximum absolute atomic E-state index is 10.7. The maximum Gasteiger partial charge on any atom is 0.200 e. The molecule has 1 heterocycles. The van der Waals surface area contributed by atoms with Crippen LogP contribution >= 0.6 is 11.6 Å². The van der Waals surface area contributed by atoms with Gasteiger partial charge in [0.05, 0.1) is 11.7 Å². The van der Waals surface area contributed by atoms with Gasteiger partial charge in [0.25, 0.3) is 0 Å². The van der Waals surface area contributed by atoms with Crippen LogP contribution in [0.3, 0.4) is 0 Å². The lowest BCUT2D eigenvalue weighted by Gasteiger charge is -2.44. The van der Waals surface area contributed by atoms with Gasteiger partial charge in [0.1, 0.15) is 5.54 Å². The number of fused-ring (bicyclic) bond motifs is 14. The molecule has 2 saturated carbocycles. The molecule has 2 bridgehead atoms. The first-order valence-corrected chi connectivity index (χ1v) is 12.7. The van der Waals surface area contributed by atoms with Gasteiger partial charge in [-0.3, -0.25) is 5.01 Å². The number of nitriles is 1. The number of halogens is 1. The van der Waals surface area contributed by atoms with E-state index < -0.39 is 5.54 Å². The Labute approximate surface area is 204 Å². The Kier molecular flexibility index (Phi) is 3.64. The second-order valence-corrected chi connectivity index (χ2v) is 11.0. The molecule has 3 aromatic carbocycles. The minimum Gasteiger partial charge on any atom is -0.261 e. The van der Waals surface area contributed by atoms with Gasteiger partial charge in [-0.05, 0) is 83.0 Å². The number of hydrogen-bond donors (Lipinski definition) is 0. The average Bonchev–Trinajstić information content (AvgIpc) is 3.66. The maximum atomic E-state index is 10.7. The summed E-state index contributed by atoms with van der Waals surface area (Å²) in [6.07, 6.45) is 9.94. The van der Waals surface area contributed by atoms with Crippen molar-refractivity contribution < 1.29 is 0 Å². The van der Waals surface area contributed by atoms with Crippen LogP contribution in [-0.2, 0) is 5.54 Å². The van der Waals surface area contributed by atoms with Crippen molar-refractivity contribution in [1.82, 2.24) is 5.01 Å². The molecule has 3 aromatic rings. The van der Waals surface area contributed by atoms with Gasteiger partial charge in [-0.1, -0.05) is 72.3 Å². The van der Waals surface area contributed by atoms with Crippen LogP contribution in [0.15, 0.2) is 84.9 Å². The summed E-state index contributed by atoms with van der Waals surface area (Å²) < 4.78 is 0. The average molecular weight is 462 g/mol. The van der Waals surface area contributed by atoms with E-state index in [-0.39, 0.29) is 6.04 Å². The van der Waals surface area contributed by atoms with Gasteiger partial charge in [-0.2, -0.15) is 5.26 Å². The predicted octanol–water partition coefficient (Wildman–Crippen LogP) is 6.61. The largest absolute Gasteiger partial charge is 0.261 e. The molecule has 5 aliphatic rings. The van der Waals surface area contributed by atoms with Crippen LogP contribution in [0.5, 0.6) is 0 Å². The monoisotopic (exact) mass is 461 g/mol. The molecule has 8 rings (SSSR count). The minimum atomic E-state index is -0.394. The number of hydrazine groups is 1. The fourth-order valence-corrected chi connectivity index (χ4v) is 8.87. The van der Waals surface area contributed by atoms with Crippen molar-refractivity contribution in [2.45, 2.75) is 24.4 Å². The molecule has 3 nitrogen and oxygen atoms in total. The zero-order valence-corrected chi connectivity index (χ0v) is 19.4. The Morgan fingerprint density at radius 3 is 2.21 bits per heavy atom. The molecule has 0 radical (unpaired) electrons. The third-order valence-corrected chi connectivity index (χ3v) is 9.82. The number of anilines is 1. The number of nitrogens with zero attached hydrogens (tertiary/aromatic N) is 3. The minimum absolute atomic E-state index is 0.203. The molecule has 1 aliphatic heterocycles. The van der Waals surface area contributed by atoms with Crippen molar-refractivity contribution in [3.8, 4) is 17.3 Å². The molecule has 166 valence electrons. The highest BCUT2D eigenvalue weighted by atomic mass is 35.5. The zero-order valence-electron chi connectivity index (χ0n) is 18.7. The fourth-order valence-electron chi connectivity index (χ4n) is 8.75. The van der Waals surface area contributed by atoms with Crippen molar-refractivity contribution >= 4 is 17.3 Å². The molecule has 1 saturated heterocycles. The van der Waals surface area contributed by atoms with Crippen LogP contribution in [0.1, 0.15) is 24.0 Å². The molecule has 34 heavy (non-hydrogen) atoms.